The molecule has 0 aliphatic carbocycles. The van der Waals surface area contributed by atoms with Crippen molar-refractivity contribution in [3.63, 3.8) is 0 Å². The Balaban J connectivity index is 0.00000325. The van der Waals surface area contributed by atoms with E-state index >= 15 is 0 Å². The highest BCUT2D eigenvalue weighted by atomic mass is 79.9. The molecule has 3 aromatic carbocycles. The zero-order chi connectivity index (χ0) is 34.1. The molecular formula is C39H52Br2N4O4. The Labute approximate surface area is 313 Å². The van der Waals surface area contributed by atoms with Gasteiger partial charge in [-0.2, -0.15) is 0 Å². The van der Waals surface area contributed by atoms with E-state index in [1.807, 2.05) is 55.5 Å². The second kappa shape index (κ2) is 16.0. The van der Waals surface area contributed by atoms with Crippen LogP contribution < -0.4 is 34.0 Å². The minimum Gasteiger partial charge on any atom is -1.00 e. The summed E-state index contributed by atoms with van der Waals surface area (Å²) >= 11 is 0. The molecule has 2 aliphatic rings. The zero-order valence-electron chi connectivity index (χ0n) is 30.2. The summed E-state index contributed by atoms with van der Waals surface area (Å²) in [5, 5.41) is 1.71. The maximum atomic E-state index is 13.2. The van der Waals surface area contributed by atoms with Crippen LogP contribution in [0.5, 0.6) is 0 Å². The van der Waals surface area contributed by atoms with Crippen LogP contribution in [0.25, 0.3) is 10.8 Å². The van der Waals surface area contributed by atoms with Crippen LogP contribution in [0, 0.1) is 12.3 Å². The Kier molecular flexibility index (Phi) is 13.2. The molecule has 2 aliphatic heterocycles. The van der Waals surface area contributed by atoms with Crippen LogP contribution in [-0.4, -0.2) is 110 Å². The second-order valence-electron chi connectivity index (χ2n) is 15.8. The van der Waals surface area contributed by atoms with Gasteiger partial charge in [-0.25, -0.2) is 0 Å². The minimum absolute atomic E-state index is 0. The number of fused-ring (bicyclic) bond motifs is 1. The SMILES string of the molecule is Cc1ccc2c(c1)C(=O)N(CC(C)(C)C[N+](C)(C)CCCCCC[N+](C)(C)CCCN1C(=O)c3cccc4cccc(c34)C1=O)C2=O.[Br-].[Br-]. The summed E-state index contributed by atoms with van der Waals surface area (Å²) in [6, 6.07) is 16.8. The van der Waals surface area contributed by atoms with E-state index in [1.54, 1.807) is 6.07 Å². The summed E-state index contributed by atoms with van der Waals surface area (Å²) in [5.74, 6) is -0.728. The number of nitrogens with zero attached hydrogens (tertiary/aromatic N) is 4. The minimum atomic E-state index is -0.215. The standard InChI is InChI=1S/C39H52N4O4.2BrH/c1-28-19-20-30-33(25-28)38(47)41(35(30)44)26-39(2,3)27-43(6,7)23-11-9-8-10-22-42(4,5)24-14-21-40-36(45)31-17-12-15-29-16-13-18-32(34(29)31)37(40)46;;/h12-13,15-20,25H,8-11,14,21-24,26-27H2,1-7H3;2*1H/q+2;;/p-2. The van der Waals surface area contributed by atoms with Crippen LogP contribution in [0.1, 0.15) is 92.9 Å². The molecule has 0 radical (unpaired) electrons. The lowest BCUT2D eigenvalue weighted by Gasteiger charge is -2.39. The molecule has 0 saturated heterocycles. The highest BCUT2D eigenvalue weighted by Gasteiger charge is 2.40. The Hall–Kier alpha value is -2.92. The van der Waals surface area contributed by atoms with Crippen molar-refractivity contribution in [1.82, 2.24) is 9.80 Å². The molecule has 0 saturated carbocycles. The van der Waals surface area contributed by atoms with E-state index in [0.717, 1.165) is 83.6 Å². The Morgan fingerprint density at radius 2 is 1.10 bits per heavy atom. The van der Waals surface area contributed by atoms with Gasteiger partial charge in [0, 0.05) is 41.4 Å². The lowest BCUT2D eigenvalue weighted by atomic mass is 9.91. The highest BCUT2D eigenvalue weighted by Crippen LogP contribution is 2.31. The summed E-state index contributed by atoms with van der Waals surface area (Å²) in [5.41, 5.74) is 3.05. The number of amides is 4. The van der Waals surface area contributed by atoms with Gasteiger partial charge < -0.3 is 42.9 Å². The first-order valence-corrected chi connectivity index (χ1v) is 17.1. The van der Waals surface area contributed by atoms with Crippen molar-refractivity contribution in [2.75, 3.05) is 67.5 Å². The lowest BCUT2D eigenvalue weighted by molar-refractivity contribution is -0.896. The van der Waals surface area contributed by atoms with Crippen molar-refractivity contribution in [3.8, 4) is 0 Å². The van der Waals surface area contributed by atoms with Gasteiger partial charge in [-0.15, -0.1) is 0 Å². The summed E-state index contributed by atoms with van der Waals surface area (Å²) in [6.45, 7) is 10.9. The van der Waals surface area contributed by atoms with Gasteiger partial charge >= 0.3 is 0 Å². The Bertz CT molecular complexity index is 1670. The number of hydrogen-bond donors (Lipinski definition) is 0. The number of rotatable bonds is 15. The summed E-state index contributed by atoms with van der Waals surface area (Å²) in [6.07, 6.45) is 5.33. The molecule has 2 heterocycles. The maximum Gasteiger partial charge on any atom is 0.261 e. The number of quaternary nitrogens is 2. The van der Waals surface area contributed by atoms with Gasteiger partial charge in [0.25, 0.3) is 23.6 Å². The molecule has 8 nitrogen and oxygen atoms in total. The third-order valence-corrected chi connectivity index (χ3v) is 9.85. The molecule has 3 aromatic rings. The van der Waals surface area contributed by atoms with Crippen molar-refractivity contribution < 1.29 is 62.1 Å². The lowest BCUT2D eigenvalue weighted by Crippen LogP contribution is -3.00. The van der Waals surface area contributed by atoms with E-state index in [4.69, 9.17) is 0 Å². The number of halogens is 2. The van der Waals surface area contributed by atoms with Gasteiger partial charge in [0.2, 0.25) is 0 Å². The fourth-order valence-corrected chi connectivity index (χ4v) is 7.75. The molecule has 0 unspecified atom stereocenters. The number of benzene rings is 3. The van der Waals surface area contributed by atoms with E-state index in [9.17, 15) is 19.2 Å². The van der Waals surface area contributed by atoms with Crippen LogP contribution in [0.2, 0.25) is 0 Å². The molecule has 0 spiro atoms. The van der Waals surface area contributed by atoms with Crippen LogP contribution >= 0.6 is 0 Å². The molecule has 4 amide bonds. The van der Waals surface area contributed by atoms with Crippen LogP contribution in [0.3, 0.4) is 0 Å². The first-order valence-electron chi connectivity index (χ1n) is 17.1. The van der Waals surface area contributed by atoms with Gasteiger partial charge in [0.1, 0.15) is 0 Å². The third-order valence-electron chi connectivity index (χ3n) is 9.85. The second-order valence-corrected chi connectivity index (χ2v) is 15.8. The van der Waals surface area contributed by atoms with Gasteiger partial charge in [-0.3, -0.25) is 29.0 Å². The summed E-state index contributed by atoms with van der Waals surface area (Å²) < 4.78 is 1.69. The van der Waals surface area contributed by atoms with Crippen LogP contribution in [-0.2, 0) is 0 Å². The van der Waals surface area contributed by atoms with E-state index < -0.39 is 0 Å². The summed E-state index contributed by atoms with van der Waals surface area (Å²) in [4.78, 5) is 55.3. The molecule has 0 fully saturated rings. The summed E-state index contributed by atoms with van der Waals surface area (Å²) in [7, 11) is 8.94. The monoisotopic (exact) mass is 798 g/mol. The quantitative estimate of drug-likeness (QED) is 0.125. The highest BCUT2D eigenvalue weighted by molar-refractivity contribution is 6.25. The normalized spacial score (nSPS) is 14.7. The molecule has 0 atom stereocenters. The zero-order valence-corrected chi connectivity index (χ0v) is 33.3. The van der Waals surface area contributed by atoms with Gasteiger partial charge in [0.15, 0.2) is 0 Å². The van der Waals surface area contributed by atoms with E-state index in [2.05, 4.69) is 42.0 Å². The number of hydrogen-bond acceptors (Lipinski definition) is 4. The predicted molar refractivity (Wildman–Crippen MR) is 186 cm³/mol. The van der Waals surface area contributed by atoms with Crippen molar-refractivity contribution in [3.05, 3.63) is 82.4 Å². The van der Waals surface area contributed by atoms with E-state index in [-0.39, 0.29) is 63.0 Å². The first-order chi connectivity index (χ1) is 22.1. The van der Waals surface area contributed by atoms with E-state index in [0.29, 0.717) is 35.3 Å². The first kappa shape index (κ1) is 40.5. The molecule has 0 bridgehead atoms. The average Bonchev–Trinajstić information content (AvgIpc) is 3.22. The molecule has 266 valence electrons. The van der Waals surface area contributed by atoms with Crippen LogP contribution in [0.4, 0.5) is 0 Å². The van der Waals surface area contributed by atoms with Crippen molar-refractivity contribution in [2.45, 2.75) is 52.9 Å². The predicted octanol–water partition coefficient (Wildman–Crippen LogP) is 0.178. The molecule has 10 heteroatoms. The van der Waals surface area contributed by atoms with Gasteiger partial charge in [0.05, 0.1) is 65.5 Å². The average molecular weight is 801 g/mol. The number of unbranched alkanes of at least 4 members (excludes halogenated alkanes) is 3. The molecule has 49 heavy (non-hydrogen) atoms. The van der Waals surface area contributed by atoms with Gasteiger partial charge in [-0.05, 0) is 62.3 Å². The molecule has 0 N–H and O–H groups in total. The molecule has 5 rings (SSSR count). The largest absolute Gasteiger partial charge is 1.00 e. The van der Waals surface area contributed by atoms with Crippen molar-refractivity contribution >= 4 is 34.4 Å². The van der Waals surface area contributed by atoms with Gasteiger partial charge in [-0.1, -0.05) is 49.7 Å². The van der Waals surface area contributed by atoms with Crippen LogP contribution in [0.15, 0.2) is 54.6 Å². The number of aryl methyl sites for hydroxylation is 1. The fraction of sp³-hybridized carbons (Fsp3) is 0.487. The van der Waals surface area contributed by atoms with E-state index in [1.165, 1.54) is 9.80 Å². The molecule has 0 aromatic heterocycles. The van der Waals surface area contributed by atoms with Crippen molar-refractivity contribution in [1.29, 1.82) is 0 Å². The topological polar surface area (TPSA) is 74.8 Å². The fourth-order valence-electron chi connectivity index (χ4n) is 7.75. The number of imide groups is 2. The smallest absolute Gasteiger partial charge is 0.261 e. The van der Waals surface area contributed by atoms with Crippen molar-refractivity contribution in [2.24, 2.45) is 5.41 Å². The third kappa shape index (κ3) is 9.25. The number of carbonyl (C=O) groups excluding carboxylic acids is 4. The Morgan fingerprint density at radius 1 is 0.592 bits per heavy atom. The Morgan fingerprint density at radius 3 is 1.69 bits per heavy atom. The molecular weight excluding hydrogens is 748 g/mol. The maximum absolute atomic E-state index is 13.2. The number of carbonyl (C=O) groups is 4.